The molecule has 0 aromatic carbocycles. The fourth-order valence-electron chi connectivity index (χ4n) is 11.9. The standard InChI is InChI=1S/C35H59N2O4/c1-24(38)40-32-21-26-13-14-27-28(35(26,4)23-30(32)36-17-9-8-10-18-36)15-16-34(3)29(27)22-31(33(34)41-25(2)39)37(5)19-11-6-7-12-20-37/h26-33H,6-23H2,1-5H3/q+1/t26?,27-,28-,29+,30?,31?,32?,33?,34+,35+/m1/s1. The molecule has 0 amide bonds. The van der Waals surface area contributed by atoms with E-state index in [4.69, 9.17) is 9.47 Å². The largest absolute Gasteiger partial charge is 0.461 e. The van der Waals surface area contributed by atoms with Crippen molar-refractivity contribution in [1.82, 2.24) is 4.90 Å². The molecule has 232 valence electrons. The van der Waals surface area contributed by atoms with Gasteiger partial charge in [0, 0.05) is 31.7 Å². The zero-order chi connectivity index (χ0) is 29.0. The van der Waals surface area contributed by atoms with Gasteiger partial charge >= 0.3 is 11.9 Å². The van der Waals surface area contributed by atoms with E-state index in [-0.39, 0.29) is 29.6 Å². The van der Waals surface area contributed by atoms with Crippen LogP contribution in [0.2, 0.25) is 0 Å². The van der Waals surface area contributed by atoms with Crippen LogP contribution < -0.4 is 0 Å². The minimum atomic E-state index is -0.110. The van der Waals surface area contributed by atoms with Gasteiger partial charge in [0.15, 0.2) is 6.10 Å². The molecular weight excluding hydrogens is 512 g/mol. The Labute approximate surface area is 249 Å². The van der Waals surface area contributed by atoms with Crippen molar-refractivity contribution in [3.8, 4) is 0 Å². The molecule has 2 heterocycles. The van der Waals surface area contributed by atoms with Gasteiger partial charge in [-0.3, -0.25) is 14.5 Å². The number of nitrogens with zero attached hydrogens (tertiary/aromatic N) is 2. The molecule has 6 aliphatic rings. The molecule has 0 N–H and O–H groups in total. The van der Waals surface area contributed by atoms with Gasteiger partial charge in [0.05, 0.1) is 20.1 Å². The Bertz CT molecular complexity index is 971. The minimum absolute atomic E-state index is 0.0420. The van der Waals surface area contributed by atoms with E-state index in [9.17, 15) is 9.59 Å². The summed E-state index contributed by atoms with van der Waals surface area (Å²) in [7, 11) is 2.49. The van der Waals surface area contributed by atoms with Crippen molar-refractivity contribution < 1.29 is 23.5 Å². The summed E-state index contributed by atoms with van der Waals surface area (Å²) in [6, 6.07) is 0.788. The lowest BCUT2D eigenvalue weighted by atomic mass is 9.44. The van der Waals surface area contributed by atoms with E-state index in [0.717, 1.165) is 29.9 Å². The molecule has 2 aliphatic heterocycles. The number of carbonyl (C=O) groups is 2. The Kier molecular flexibility index (Phi) is 8.33. The highest BCUT2D eigenvalue weighted by molar-refractivity contribution is 5.66. The molecule has 0 aromatic rings. The Balaban J connectivity index is 1.29. The van der Waals surface area contributed by atoms with Gasteiger partial charge in [-0.05, 0) is 119 Å². The van der Waals surface area contributed by atoms with Crippen molar-refractivity contribution in [2.75, 3.05) is 33.2 Å². The summed E-state index contributed by atoms with van der Waals surface area (Å²) in [5.74, 6) is 2.50. The molecule has 4 aliphatic carbocycles. The van der Waals surface area contributed by atoms with Gasteiger partial charge in [-0.15, -0.1) is 0 Å². The number of rotatable bonds is 4. The van der Waals surface area contributed by atoms with Crippen molar-refractivity contribution in [2.45, 2.75) is 142 Å². The number of esters is 2. The molecule has 10 atom stereocenters. The smallest absolute Gasteiger partial charge is 0.303 e. The Morgan fingerprint density at radius 2 is 1.44 bits per heavy atom. The van der Waals surface area contributed by atoms with E-state index >= 15 is 0 Å². The predicted octanol–water partition coefficient (Wildman–Crippen LogP) is 6.36. The number of fused-ring (bicyclic) bond motifs is 5. The molecule has 2 saturated heterocycles. The lowest BCUT2D eigenvalue weighted by molar-refractivity contribution is -0.935. The number of likely N-dealkylation sites (tertiary alicyclic amines) is 2. The van der Waals surface area contributed by atoms with Crippen molar-refractivity contribution in [2.24, 2.45) is 34.5 Å². The van der Waals surface area contributed by atoms with Gasteiger partial charge in [0.2, 0.25) is 0 Å². The van der Waals surface area contributed by atoms with E-state index in [1.165, 1.54) is 96.6 Å². The van der Waals surface area contributed by atoms with Crippen molar-refractivity contribution in [3.63, 3.8) is 0 Å². The van der Waals surface area contributed by atoms with Crippen LogP contribution in [0.15, 0.2) is 0 Å². The van der Waals surface area contributed by atoms with Gasteiger partial charge < -0.3 is 14.0 Å². The van der Waals surface area contributed by atoms with Crippen molar-refractivity contribution in [3.05, 3.63) is 0 Å². The van der Waals surface area contributed by atoms with E-state index in [1.54, 1.807) is 13.8 Å². The number of hydrogen-bond donors (Lipinski definition) is 0. The summed E-state index contributed by atoms with van der Waals surface area (Å²) in [5.41, 5.74) is 0.370. The van der Waals surface area contributed by atoms with Crippen LogP contribution >= 0.6 is 0 Å². The van der Waals surface area contributed by atoms with Crippen molar-refractivity contribution >= 4 is 11.9 Å². The van der Waals surface area contributed by atoms with E-state index in [0.29, 0.717) is 35.3 Å². The fourth-order valence-corrected chi connectivity index (χ4v) is 11.9. The zero-order valence-electron chi connectivity index (χ0n) is 26.9. The molecule has 0 radical (unpaired) electrons. The van der Waals surface area contributed by atoms with E-state index in [2.05, 4.69) is 25.8 Å². The Morgan fingerprint density at radius 1 is 0.780 bits per heavy atom. The molecule has 6 heteroatoms. The van der Waals surface area contributed by atoms with Gasteiger partial charge in [-0.25, -0.2) is 0 Å². The molecule has 4 saturated carbocycles. The molecule has 41 heavy (non-hydrogen) atoms. The van der Waals surface area contributed by atoms with Crippen LogP contribution in [-0.4, -0.2) is 78.8 Å². The number of carbonyl (C=O) groups excluding carboxylic acids is 2. The number of piperidine rings is 1. The topological polar surface area (TPSA) is 55.8 Å². The average Bonchev–Trinajstić information content (AvgIpc) is 3.06. The van der Waals surface area contributed by atoms with Crippen LogP contribution in [0.25, 0.3) is 0 Å². The van der Waals surface area contributed by atoms with Crippen LogP contribution in [0.4, 0.5) is 0 Å². The first-order valence-corrected chi connectivity index (χ1v) is 17.5. The second kappa shape index (κ2) is 11.4. The van der Waals surface area contributed by atoms with Crippen LogP contribution in [0.1, 0.15) is 118 Å². The van der Waals surface area contributed by atoms with Crippen LogP contribution in [0.5, 0.6) is 0 Å². The normalized spacial score (nSPS) is 46.4. The van der Waals surface area contributed by atoms with Gasteiger partial charge in [0.1, 0.15) is 12.1 Å². The molecule has 0 bridgehead atoms. The lowest BCUT2D eigenvalue weighted by Gasteiger charge is -2.62. The summed E-state index contributed by atoms with van der Waals surface area (Å²) in [5, 5.41) is 0. The first-order chi connectivity index (χ1) is 19.5. The maximum atomic E-state index is 12.6. The van der Waals surface area contributed by atoms with Crippen LogP contribution in [0.3, 0.4) is 0 Å². The highest BCUT2D eigenvalue weighted by atomic mass is 16.5. The molecule has 6 nitrogen and oxygen atoms in total. The third-order valence-electron chi connectivity index (χ3n) is 14.0. The number of likely N-dealkylation sites (N-methyl/N-ethyl adjacent to an activating group) is 1. The highest BCUT2D eigenvalue weighted by Gasteiger charge is 2.67. The van der Waals surface area contributed by atoms with Gasteiger partial charge in [-0.1, -0.05) is 20.3 Å². The molecular formula is C35H59N2O4+. The molecule has 0 spiro atoms. The second-order valence-electron chi connectivity index (χ2n) is 16.1. The Hall–Kier alpha value is -1.14. The summed E-state index contributed by atoms with van der Waals surface area (Å²) >= 11 is 0. The first-order valence-electron chi connectivity index (χ1n) is 17.5. The van der Waals surface area contributed by atoms with Gasteiger partial charge in [0.25, 0.3) is 0 Å². The third-order valence-corrected chi connectivity index (χ3v) is 14.0. The van der Waals surface area contributed by atoms with E-state index in [1.807, 2.05) is 0 Å². The molecule has 6 rings (SSSR count). The Morgan fingerprint density at radius 3 is 2.10 bits per heavy atom. The number of hydrogen-bond acceptors (Lipinski definition) is 5. The first kappa shape index (κ1) is 29.9. The summed E-state index contributed by atoms with van der Waals surface area (Å²) in [6.07, 6.45) is 17.6. The maximum absolute atomic E-state index is 12.6. The quantitative estimate of drug-likeness (QED) is 0.291. The third kappa shape index (κ3) is 5.29. The van der Waals surface area contributed by atoms with Crippen LogP contribution in [0, 0.1) is 34.5 Å². The summed E-state index contributed by atoms with van der Waals surface area (Å²) in [4.78, 5) is 27.5. The summed E-state index contributed by atoms with van der Waals surface area (Å²) < 4.78 is 13.6. The monoisotopic (exact) mass is 571 g/mol. The van der Waals surface area contributed by atoms with Crippen molar-refractivity contribution in [1.29, 1.82) is 0 Å². The zero-order valence-corrected chi connectivity index (χ0v) is 26.9. The second-order valence-corrected chi connectivity index (χ2v) is 16.1. The van der Waals surface area contributed by atoms with Gasteiger partial charge in [-0.2, -0.15) is 0 Å². The highest BCUT2D eigenvalue weighted by Crippen LogP contribution is 2.67. The number of quaternary nitrogens is 1. The average molecular weight is 572 g/mol. The SMILES string of the molecule is CC(=O)OC1CC2CC[C@@H]3[C@@H](CC[C@]4(C)C(OC(C)=O)C([N+]5(C)CCCCCC5)C[C@@H]34)[C@@]2(C)CC1N1CCCCC1. The molecule has 0 aromatic heterocycles. The summed E-state index contributed by atoms with van der Waals surface area (Å²) in [6.45, 7) is 13.1. The number of ether oxygens (including phenoxy) is 2. The molecule has 5 unspecified atom stereocenters. The van der Waals surface area contributed by atoms with E-state index < -0.39 is 0 Å². The predicted molar refractivity (Wildman–Crippen MR) is 161 cm³/mol. The fraction of sp³-hybridized carbons (Fsp3) is 0.943. The lowest BCUT2D eigenvalue weighted by Crippen LogP contribution is -2.61. The molecule has 6 fully saturated rings. The maximum Gasteiger partial charge on any atom is 0.303 e. The minimum Gasteiger partial charge on any atom is -0.461 e. The van der Waals surface area contributed by atoms with Crippen LogP contribution in [-0.2, 0) is 19.1 Å².